The summed E-state index contributed by atoms with van der Waals surface area (Å²) in [5.74, 6) is 0.191. The third-order valence-corrected chi connectivity index (χ3v) is 5.53. The lowest BCUT2D eigenvalue weighted by Gasteiger charge is -2.26. The fourth-order valence-corrected chi connectivity index (χ4v) is 3.75. The first-order chi connectivity index (χ1) is 14.9. The van der Waals surface area contributed by atoms with Crippen LogP contribution in [-0.4, -0.2) is 11.7 Å². The summed E-state index contributed by atoms with van der Waals surface area (Å²) in [7, 11) is 0. The molecular weight excluding hydrogens is 408 g/mol. The lowest BCUT2D eigenvalue weighted by atomic mass is 9.78. The van der Waals surface area contributed by atoms with Crippen molar-refractivity contribution in [3.8, 4) is 23.3 Å². The Morgan fingerprint density at radius 3 is 2.42 bits per heavy atom. The van der Waals surface area contributed by atoms with E-state index in [0.717, 1.165) is 12.5 Å². The minimum atomic E-state index is -1.32. The zero-order valence-electron chi connectivity index (χ0n) is 17.1. The quantitative estimate of drug-likeness (QED) is 0.241. The second-order valence-corrected chi connectivity index (χ2v) is 7.64. The molecule has 0 unspecified atom stereocenters. The van der Waals surface area contributed by atoms with Crippen LogP contribution in [0.25, 0.3) is 0 Å². The number of benzene rings is 2. The molecule has 3 rings (SSSR count). The highest BCUT2D eigenvalue weighted by Gasteiger charge is 2.26. The van der Waals surface area contributed by atoms with Crippen LogP contribution >= 0.6 is 0 Å². The summed E-state index contributed by atoms with van der Waals surface area (Å²) in [6, 6.07) is 5.33. The molecule has 1 aliphatic carbocycles. The van der Waals surface area contributed by atoms with Gasteiger partial charge in [-0.2, -0.15) is 8.78 Å². The van der Waals surface area contributed by atoms with Gasteiger partial charge in [0.1, 0.15) is 0 Å². The van der Waals surface area contributed by atoms with Crippen molar-refractivity contribution >= 4 is 0 Å². The number of hydrogen-bond acceptors (Lipinski definition) is 2. The Morgan fingerprint density at radius 2 is 1.71 bits per heavy atom. The molecule has 6 heteroatoms. The summed E-state index contributed by atoms with van der Waals surface area (Å²) >= 11 is 0. The Labute approximate surface area is 179 Å². The smallest absolute Gasteiger partial charge is 0.201 e. The van der Waals surface area contributed by atoms with Crippen molar-refractivity contribution in [1.82, 2.24) is 0 Å². The Hall–Kier alpha value is -2.94. The number of halogens is 4. The molecule has 1 aliphatic rings. The van der Waals surface area contributed by atoms with Gasteiger partial charge in [0, 0.05) is 5.92 Å². The molecule has 0 aromatic heterocycles. The Morgan fingerprint density at radius 1 is 0.968 bits per heavy atom. The second-order valence-electron chi connectivity index (χ2n) is 7.64. The molecule has 2 aromatic carbocycles. The molecule has 0 atom stereocenters. The van der Waals surface area contributed by atoms with Crippen molar-refractivity contribution in [1.29, 1.82) is 0 Å². The minimum Gasteiger partial charge on any atom is -0.505 e. The second kappa shape index (κ2) is 10.4. The SMILES string of the molecule is C=CCCCOc1ccc(C2CCC(C#Cc3ccc(O)c(F)c3F)CC2)c(F)c1F. The highest BCUT2D eigenvalue weighted by atomic mass is 19.2. The summed E-state index contributed by atoms with van der Waals surface area (Å²) < 4.78 is 61.5. The van der Waals surface area contributed by atoms with E-state index < -0.39 is 29.0 Å². The predicted octanol–water partition coefficient (Wildman–Crippen LogP) is 6.62. The van der Waals surface area contributed by atoms with E-state index in [1.807, 2.05) is 0 Å². The van der Waals surface area contributed by atoms with Gasteiger partial charge in [-0.25, -0.2) is 8.78 Å². The minimum absolute atomic E-state index is 0.0483. The fraction of sp³-hybridized carbons (Fsp3) is 0.360. The maximum atomic E-state index is 14.6. The third kappa shape index (κ3) is 5.41. The number of phenols is 1. The van der Waals surface area contributed by atoms with Crippen molar-refractivity contribution in [2.45, 2.75) is 44.4 Å². The Kier molecular flexibility index (Phi) is 7.62. The molecule has 1 saturated carbocycles. The summed E-state index contributed by atoms with van der Waals surface area (Å²) in [5.41, 5.74) is 0.211. The number of allylic oxidation sites excluding steroid dienone is 1. The molecule has 0 heterocycles. The van der Waals surface area contributed by atoms with Crippen LogP contribution in [0.5, 0.6) is 11.5 Å². The number of hydrogen-bond donors (Lipinski definition) is 1. The van der Waals surface area contributed by atoms with Gasteiger partial charge in [-0.15, -0.1) is 6.58 Å². The maximum Gasteiger partial charge on any atom is 0.201 e. The Bertz CT molecular complexity index is 999. The van der Waals surface area contributed by atoms with Gasteiger partial charge in [-0.1, -0.05) is 24.0 Å². The molecule has 1 N–H and O–H groups in total. The topological polar surface area (TPSA) is 29.5 Å². The maximum absolute atomic E-state index is 14.6. The molecule has 0 radical (unpaired) electrons. The van der Waals surface area contributed by atoms with E-state index in [1.165, 1.54) is 12.1 Å². The monoisotopic (exact) mass is 432 g/mol. The lowest BCUT2D eigenvalue weighted by Crippen LogP contribution is -2.14. The molecule has 2 aromatic rings. The molecule has 0 saturated heterocycles. The van der Waals surface area contributed by atoms with Crippen LogP contribution in [0.1, 0.15) is 55.6 Å². The van der Waals surface area contributed by atoms with Crippen LogP contribution in [0, 0.1) is 41.0 Å². The Balaban J connectivity index is 1.62. The van der Waals surface area contributed by atoms with Gasteiger partial charge < -0.3 is 9.84 Å². The highest BCUT2D eigenvalue weighted by Crippen LogP contribution is 2.38. The van der Waals surface area contributed by atoms with E-state index in [-0.39, 0.29) is 29.8 Å². The standard InChI is InChI=1S/C25H24F4O2/c1-2-3-4-15-31-21-14-12-19(23(27)25(21)29)17-8-5-16(6-9-17)7-10-18-11-13-20(30)24(28)22(18)26/h2,11-14,16-17,30H,1,3-6,8-9,15H2. The van der Waals surface area contributed by atoms with Crippen molar-refractivity contribution in [2.75, 3.05) is 6.61 Å². The fourth-order valence-electron chi connectivity index (χ4n) is 3.75. The molecule has 1 fully saturated rings. The van der Waals surface area contributed by atoms with E-state index in [0.29, 0.717) is 37.7 Å². The van der Waals surface area contributed by atoms with Gasteiger partial charge in [-0.3, -0.25) is 0 Å². The van der Waals surface area contributed by atoms with Crippen molar-refractivity contribution in [3.63, 3.8) is 0 Å². The van der Waals surface area contributed by atoms with E-state index in [4.69, 9.17) is 4.74 Å². The van der Waals surface area contributed by atoms with Crippen LogP contribution in [0.4, 0.5) is 17.6 Å². The van der Waals surface area contributed by atoms with Gasteiger partial charge >= 0.3 is 0 Å². The number of unbranched alkanes of at least 4 members (excludes halogenated alkanes) is 1. The molecule has 0 spiro atoms. The average Bonchev–Trinajstić information content (AvgIpc) is 2.78. The third-order valence-electron chi connectivity index (χ3n) is 5.53. The van der Waals surface area contributed by atoms with Gasteiger partial charge in [-0.05, 0) is 68.2 Å². The molecule has 164 valence electrons. The molecule has 0 amide bonds. The number of ether oxygens (including phenoxy) is 1. The molecule has 31 heavy (non-hydrogen) atoms. The van der Waals surface area contributed by atoms with E-state index >= 15 is 0 Å². The van der Waals surface area contributed by atoms with Gasteiger partial charge in [0.15, 0.2) is 23.1 Å². The van der Waals surface area contributed by atoms with Crippen molar-refractivity contribution in [3.05, 3.63) is 71.3 Å². The number of phenolic OH excluding ortho intramolecular Hbond substituents is 1. The van der Waals surface area contributed by atoms with Gasteiger partial charge in [0.25, 0.3) is 0 Å². The molecule has 0 bridgehead atoms. The molecule has 0 aliphatic heterocycles. The summed E-state index contributed by atoms with van der Waals surface area (Å²) in [4.78, 5) is 0. The van der Waals surface area contributed by atoms with Crippen molar-refractivity contribution < 1.29 is 27.4 Å². The van der Waals surface area contributed by atoms with Crippen LogP contribution in [-0.2, 0) is 0 Å². The number of rotatable bonds is 6. The lowest BCUT2D eigenvalue weighted by molar-refractivity contribution is 0.288. The van der Waals surface area contributed by atoms with Gasteiger partial charge in [0.05, 0.1) is 12.2 Å². The first-order valence-corrected chi connectivity index (χ1v) is 10.3. The van der Waals surface area contributed by atoms with Crippen LogP contribution < -0.4 is 4.74 Å². The molecule has 2 nitrogen and oxygen atoms in total. The highest BCUT2D eigenvalue weighted by molar-refractivity contribution is 5.41. The number of aromatic hydroxyl groups is 1. The van der Waals surface area contributed by atoms with Crippen LogP contribution in [0.3, 0.4) is 0 Å². The van der Waals surface area contributed by atoms with Crippen molar-refractivity contribution in [2.24, 2.45) is 5.92 Å². The summed E-state index contributed by atoms with van der Waals surface area (Å²) in [5, 5.41) is 9.17. The summed E-state index contributed by atoms with van der Waals surface area (Å²) in [6.45, 7) is 3.89. The predicted molar refractivity (Wildman–Crippen MR) is 111 cm³/mol. The van der Waals surface area contributed by atoms with Crippen LogP contribution in [0.2, 0.25) is 0 Å². The van der Waals surface area contributed by atoms with Gasteiger partial charge in [0.2, 0.25) is 11.6 Å². The zero-order valence-corrected chi connectivity index (χ0v) is 17.1. The van der Waals surface area contributed by atoms with Crippen LogP contribution in [0.15, 0.2) is 36.9 Å². The average molecular weight is 432 g/mol. The first-order valence-electron chi connectivity index (χ1n) is 10.3. The normalized spacial score (nSPS) is 18.2. The largest absolute Gasteiger partial charge is 0.505 e. The van der Waals surface area contributed by atoms with E-state index in [1.54, 1.807) is 12.1 Å². The first kappa shape index (κ1) is 22.7. The summed E-state index contributed by atoms with van der Waals surface area (Å²) in [6.07, 6.45) is 5.66. The van der Waals surface area contributed by atoms with E-state index in [2.05, 4.69) is 18.4 Å². The zero-order chi connectivity index (χ0) is 22.4. The molecular formula is C25H24F4O2. The van der Waals surface area contributed by atoms with E-state index in [9.17, 15) is 22.7 Å².